The highest BCUT2D eigenvalue weighted by atomic mass is 35.5. The van der Waals surface area contributed by atoms with Crippen LogP contribution in [0.4, 0.5) is 0 Å². The first-order valence-electron chi connectivity index (χ1n) is 10.8. The van der Waals surface area contributed by atoms with Crippen molar-refractivity contribution in [2.24, 2.45) is 5.92 Å². The van der Waals surface area contributed by atoms with Gasteiger partial charge >= 0.3 is 0 Å². The van der Waals surface area contributed by atoms with Crippen molar-refractivity contribution in [1.82, 2.24) is 9.80 Å². The molecule has 30 heavy (non-hydrogen) atoms. The molecule has 2 fully saturated rings. The molecule has 156 valence electrons. The Morgan fingerprint density at radius 2 is 1.83 bits per heavy atom. The Hall–Kier alpha value is -1.81. The van der Waals surface area contributed by atoms with Gasteiger partial charge in [0.15, 0.2) is 0 Å². The van der Waals surface area contributed by atoms with E-state index in [1.807, 2.05) is 4.90 Å². The average molecular weight is 441 g/mol. The van der Waals surface area contributed by atoms with Crippen molar-refractivity contribution in [2.45, 2.75) is 24.7 Å². The molecule has 0 bridgehead atoms. The fraction of sp³-hybridized carbons (Fsp3) is 0.400. The highest BCUT2D eigenvalue weighted by Gasteiger charge is 2.38. The lowest BCUT2D eigenvalue weighted by atomic mass is 9.74. The molecule has 0 aromatic heterocycles. The third-order valence-corrected chi connectivity index (χ3v) is 7.82. The number of halogens is 2. The smallest absolute Gasteiger partial charge is 0.253 e. The summed E-state index contributed by atoms with van der Waals surface area (Å²) in [5, 5.41) is 0.915. The number of allylic oxidation sites excluding steroid dienone is 1. The van der Waals surface area contributed by atoms with Gasteiger partial charge in [0.1, 0.15) is 0 Å². The van der Waals surface area contributed by atoms with Crippen molar-refractivity contribution in [3.05, 3.63) is 75.3 Å². The molecule has 3 nitrogen and oxygen atoms in total. The summed E-state index contributed by atoms with van der Waals surface area (Å²) in [6.07, 6.45) is 8.16. The van der Waals surface area contributed by atoms with Gasteiger partial charge in [0.2, 0.25) is 0 Å². The fourth-order valence-electron chi connectivity index (χ4n) is 5.35. The van der Waals surface area contributed by atoms with Crippen molar-refractivity contribution < 1.29 is 4.79 Å². The van der Waals surface area contributed by atoms with Crippen LogP contribution in [0.3, 0.4) is 0 Å². The van der Waals surface area contributed by atoms with Gasteiger partial charge in [-0.05, 0) is 67.6 Å². The number of nitrogens with zero attached hydrogens (tertiary/aromatic N) is 2. The summed E-state index contributed by atoms with van der Waals surface area (Å²) in [6.45, 7) is 4.96. The molecule has 1 aliphatic carbocycles. The van der Waals surface area contributed by atoms with E-state index in [1.165, 1.54) is 24.0 Å². The zero-order valence-electron chi connectivity index (χ0n) is 17.0. The predicted molar refractivity (Wildman–Crippen MR) is 123 cm³/mol. The van der Waals surface area contributed by atoms with E-state index in [2.05, 4.69) is 41.3 Å². The van der Waals surface area contributed by atoms with Crippen LogP contribution in [0.15, 0.2) is 48.5 Å². The highest BCUT2D eigenvalue weighted by molar-refractivity contribution is 6.42. The number of carbonyl (C=O) groups excluding carboxylic acids is 1. The van der Waals surface area contributed by atoms with E-state index in [4.69, 9.17) is 23.2 Å². The lowest BCUT2D eigenvalue weighted by Crippen LogP contribution is -2.43. The summed E-state index contributed by atoms with van der Waals surface area (Å²) in [6, 6.07) is 14.0. The minimum Gasteiger partial charge on any atom is -0.338 e. The minimum atomic E-state index is 0.0568. The molecule has 2 aliphatic heterocycles. The Kier molecular flexibility index (Phi) is 5.38. The van der Waals surface area contributed by atoms with Crippen LogP contribution in [0.1, 0.15) is 40.7 Å². The Balaban J connectivity index is 1.16. The lowest BCUT2D eigenvalue weighted by Gasteiger charge is -2.40. The number of amides is 1. The molecule has 2 heterocycles. The topological polar surface area (TPSA) is 23.6 Å². The summed E-state index contributed by atoms with van der Waals surface area (Å²) in [4.78, 5) is 17.4. The molecule has 1 unspecified atom stereocenters. The highest BCUT2D eigenvalue weighted by Crippen LogP contribution is 2.43. The van der Waals surface area contributed by atoms with Gasteiger partial charge in [-0.15, -0.1) is 0 Å². The number of piperidine rings is 1. The van der Waals surface area contributed by atoms with Gasteiger partial charge in [-0.25, -0.2) is 0 Å². The van der Waals surface area contributed by atoms with Crippen LogP contribution in [0.25, 0.3) is 6.08 Å². The maximum absolute atomic E-state index is 12.8. The van der Waals surface area contributed by atoms with Crippen LogP contribution < -0.4 is 0 Å². The summed E-state index contributed by atoms with van der Waals surface area (Å²) in [7, 11) is 0. The van der Waals surface area contributed by atoms with Crippen LogP contribution in [0, 0.1) is 5.92 Å². The summed E-state index contributed by atoms with van der Waals surface area (Å²) >= 11 is 12.1. The molecule has 0 N–H and O–H groups in total. The Labute approximate surface area is 188 Å². The van der Waals surface area contributed by atoms with Gasteiger partial charge in [-0.3, -0.25) is 4.79 Å². The van der Waals surface area contributed by atoms with Gasteiger partial charge in [-0.2, -0.15) is 0 Å². The minimum absolute atomic E-state index is 0.0568. The molecular formula is C25H26Cl2N2O. The van der Waals surface area contributed by atoms with E-state index < -0.39 is 0 Å². The lowest BCUT2D eigenvalue weighted by molar-refractivity contribution is 0.0781. The average Bonchev–Trinajstić information content (AvgIpc) is 3.37. The molecule has 0 saturated carbocycles. The van der Waals surface area contributed by atoms with Gasteiger partial charge in [0, 0.05) is 30.6 Å². The van der Waals surface area contributed by atoms with Gasteiger partial charge in [-0.1, -0.05) is 59.6 Å². The first-order valence-corrected chi connectivity index (χ1v) is 11.6. The molecule has 5 heteroatoms. The van der Waals surface area contributed by atoms with Crippen LogP contribution >= 0.6 is 23.2 Å². The van der Waals surface area contributed by atoms with E-state index in [1.54, 1.807) is 18.2 Å². The SMILES string of the molecule is O=C(c1ccc(Cl)c(Cl)c1)N1CCC(CN2CCC3(C=Cc4ccccc43)CC2)C1. The monoisotopic (exact) mass is 440 g/mol. The first-order chi connectivity index (χ1) is 14.5. The second-order valence-corrected chi connectivity index (χ2v) is 9.73. The van der Waals surface area contributed by atoms with Crippen LogP contribution in [0.5, 0.6) is 0 Å². The Morgan fingerprint density at radius 1 is 1.03 bits per heavy atom. The largest absolute Gasteiger partial charge is 0.338 e. The molecular weight excluding hydrogens is 415 g/mol. The Bertz CT molecular complexity index is 994. The third-order valence-electron chi connectivity index (χ3n) is 7.08. The number of rotatable bonds is 3. The molecule has 1 spiro atoms. The van der Waals surface area contributed by atoms with E-state index >= 15 is 0 Å². The predicted octanol–water partition coefficient (Wildman–Crippen LogP) is 5.52. The van der Waals surface area contributed by atoms with E-state index in [0.29, 0.717) is 21.5 Å². The molecule has 1 atom stereocenters. The molecule has 2 saturated heterocycles. The van der Waals surface area contributed by atoms with Gasteiger partial charge in [0.25, 0.3) is 5.91 Å². The summed E-state index contributed by atoms with van der Waals surface area (Å²) in [5.74, 6) is 0.596. The first kappa shape index (κ1) is 20.1. The van der Waals surface area contributed by atoms with Gasteiger partial charge in [0.05, 0.1) is 10.0 Å². The van der Waals surface area contributed by atoms with Crippen molar-refractivity contribution in [3.63, 3.8) is 0 Å². The number of fused-ring (bicyclic) bond motifs is 2. The number of carbonyl (C=O) groups is 1. The summed E-state index contributed by atoms with van der Waals surface area (Å²) in [5.41, 5.74) is 3.75. The fourth-order valence-corrected chi connectivity index (χ4v) is 5.65. The van der Waals surface area contributed by atoms with Gasteiger partial charge < -0.3 is 9.80 Å². The quantitative estimate of drug-likeness (QED) is 0.627. The maximum atomic E-state index is 12.8. The standard InChI is InChI=1S/C25H26Cl2N2O/c26-22-6-5-20(15-23(22)27)24(30)29-12-8-18(17-29)16-28-13-10-25(11-14-28)9-7-19-3-1-2-4-21(19)25/h1-7,9,15,18H,8,10-14,16-17H2. The zero-order chi connectivity index (χ0) is 20.7. The van der Waals surface area contributed by atoms with Crippen LogP contribution in [-0.2, 0) is 5.41 Å². The van der Waals surface area contributed by atoms with Crippen LogP contribution in [0.2, 0.25) is 10.0 Å². The molecule has 0 radical (unpaired) electrons. The summed E-state index contributed by atoms with van der Waals surface area (Å²) < 4.78 is 0. The van der Waals surface area contributed by atoms with Crippen molar-refractivity contribution >= 4 is 35.2 Å². The molecule has 2 aromatic carbocycles. The molecule has 3 aliphatic rings. The normalized spacial score (nSPS) is 22.6. The van der Waals surface area contributed by atoms with E-state index in [9.17, 15) is 4.79 Å². The van der Waals surface area contributed by atoms with Crippen molar-refractivity contribution in [1.29, 1.82) is 0 Å². The molecule has 1 amide bonds. The number of likely N-dealkylation sites (tertiary alicyclic amines) is 2. The second-order valence-electron chi connectivity index (χ2n) is 8.91. The van der Waals surface area contributed by atoms with E-state index in [0.717, 1.165) is 39.1 Å². The maximum Gasteiger partial charge on any atom is 0.253 e. The number of hydrogen-bond acceptors (Lipinski definition) is 2. The van der Waals surface area contributed by atoms with E-state index in [-0.39, 0.29) is 11.3 Å². The third kappa shape index (κ3) is 3.68. The van der Waals surface area contributed by atoms with Crippen LogP contribution in [-0.4, -0.2) is 48.4 Å². The zero-order valence-corrected chi connectivity index (χ0v) is 18.5. The molecule has 2 aromatic rings. The molecule has 5 rings (SSSR count). The second kappa shape index (κ2) is 8.03. The Morgan fingerprint density at radius 3 is 2.63 bits per heavy atom. The van der Waals surface area contributed by atoms with Crippen molar-refractivity contribution in [2.75, 3.05) is 32.7 Å². The number of hydrogen-bond donors (Lipinski definition) is 0. The number of benzene rings is 2. The van der Waals surface area contributed by atoms with Crippen molar-refractivity contribution in [3.8, 4) is 0 Å².